The zero-order valence-electron chi connectivity index (χ0n) is 17.9. The van der Waals surface area contributed by atoms with Crippen molar-refractivity contribution in [3.63, 3.8) is 0 Å². The molecule has 0 bridgehead atoms. The number of halogens is 2. The SMILES string of the molecule is CCNC(=NCc1ccc(C)c(F)c1)NCc1ccc(S(=O)(=O)NCCOC)cc1.I. The summed E-state index contributed by atoms with van der Waals surface area (Å²) in [5.74, 6) is 0.351. The fourth-order valence-electron chi connectivity index (χ4n) is 2.58. The van der Waals surface area contributed by atoms with E-state index in [0.717, 1.165) is 11.1 Å². The molecule has 2 rings (SSSR count). The molecule has 0 radical (unpaired) electrons. The number of hydrogen-bond donors (Lipinski definition) is 3. The average Bonchev–Trinajstić information content (AvgIpc) is 2.73. The number of rotatable bonds is 10. The Bertz CT molecular complexity index is 954. The summed E-state index contributed by atoms with van der Waals surface area (Å²) in [5.41, 5.74) is 2.29. The first-order valence-electron chi connectivity index (χ1n) is 9.70. The van der Waals surface area contributed by atoms with Gasteiger partial charge >= 0.3 is 0 Å². The number of hydrogen-bond acceptors (Lipinski definition) is 4. The van der Waals surface area contributed by atoms with E-state index in [-0.39, 0.29) is 41.2 Å². The molecule has 0 heterocycles. The first-order valence-corrected chi connectivity index (χ1v) is 11.2. The van der Waals surface area contributed by atoms with E-state index < -0.39 is 10.0 Å². The quantitative estimate of drug-likeness (QED) is 0.179. The molecule has 0 aliphatic heterocycles. The fourth-order valence-corrected chi connectivity index (χ4v) is 3.59. The highest BCUT2D eigenvalue weighted by Gasteiger charge is 2.13. The molecule has 0 atom stereocenters. The van der Waals surface area contributed by atoms with E-state index in [9.17, 15) is 12.8 Å². The van der Waals surface area contributed by atoms with Gasteiger partial charge in [-0.05, 0) is 48.7 Å². The lowest BCUT2D eigenvalue weighted by Crippen LogP contribution is -2.36. The number of methoxy groups -OCH3 is 1. The van der Waals surface area contributed by atoms with Crippen LogP contribution in [0.5, 0.6) is 0 Å². The van der Waals surface area contributed by atoms with Crippen LogP contribution in [0.1, 0.15) is 23.6 Å². The summed E-state index contributed by atoms with van der Waals surface area (Å²) in [4.78, 5) is 4.68. The molecule has 0 spiro atoms. The molecular weight excluding hydrogens is 534 g/mol. The topological polar surface area (TPSA) is 91.8 Å². The molecule has 0 aliphatic rings. The number of benzene rings is 2. The molecule has 7 nitrogen and oxygen atoms in total. The van der Waals surface area contributed by atoms with Gasteiger partial charge in [0.05, 0.1) is 18.0 Å². The van der Waals surface area contributed by atoms with Gasteiger partial charge in [-0.1, -0.05) is 24.3 Å². The van der Waals surface area contributed by atoms with E-state index in [1.807, 2.05) is 13.0 Å². The number of nitrogens with one attached hydrogen (secondary N) is 3. The molecule has 2 aromatic carbocycles. The highest BCUT2D eigenvalue weighted by molar-refractivity contribution is 14.0. The lowest BCUT2D eigenvalue weighted by Gasteiger charge is -2.12. The third-order valence-corrected chi connectivity index (χ3v) is 5.77. The lowest BCUT2D eigenvalue weighted by molar-refractivity contribution is 0.204. The van der Waals surface area contributed by atoms with Crippen molar-refractivity contribution in [2.75, 3.05) is 26.8 Å². The smallest absolute Gasteiger partial charge is 0.240 e. The van der Waals surface area contributed by atoms with E-state index in [0.29, 0.717) is 37.8 Å². The number of aliphatic imine (C=N–C) groups is 1. The minimum absolute atomic E-state index is 0. The zero-order chi connectivity index (χ0) is 22.0. The van der Waals surface area contributed by atoms with Gasteiger partial charge in [0.25, 0.3) is 0 Å². The summed E-state index contributed by atoms with van der Waals surface area (Å²) in [5, 5.41) is 6.34. The van der Waals surface area contributed by atoms with Crippen molar-refractivity contribution < 1.29 is 17.5 Å². The minimum atomic E-state index is -3.55. The molecule has 2 aromatic rings. The van der Waals surface area contributed by atoms with Crippen LogP contribution in [0, 0.1) is 12.7 Å². The van der Waals surface area contributed by atoms with Crippen LogP contribution in [0.15, 0.2) is 52.4 Å². The Balaban J connectivity index is 0.00000480. The molecule has 172 valence electrons. The van der Waals surface area contributed by atoms with Gasteiger partial charge in [0.2, 0.25) is 10.0 Å². The second kappa shape index (κ2) is 13.6. The predicted octanol–water partition coefficient (Wildman–Crippen LogP) is 2.93. The molecule has 0 saturated heterocycles. The van der Waals surface area contributed by atoms with Crippen LogP contribution in [0.25, 0.3) is 0 Å². The summed E-state index contributed by atoms with van der Waals surface area (Å²) in [7, 11) is -2.04. The minimum Gasteiger partial charge on any atom is -0.383 e. The van der Waals surface area contributed by atoms with Gasteiger partial charge in [-0.25, -0.2) is 22.5 Å². The second-order valence-corrected chi connectivity index (χ2v) is 8.43. The summed E-state index contributed by atoms with van der Waals surface area (Å²) in [6.45, 7) is 5.69. The van der Waals surface area contributed by atoms with Crippen molar-refractivity contribution in [3.8, 4) is 0 Å². The van der Waals surface area contributed by atoms with Gasteiger partial charge < -0.3 is 15.4 Å². The summed E-state index contributed by atoms with van der Waals surface area (Å²) in [6, 6.07) is 11.7. The van der Waals surface area contributed by atoms with Crippen molar-refractivity contribution in [1.82, 2.24) is 15.4 Å². The van der Waals surface area contributed by atoms with Gasteiger partial charge in [-0.3, -0.25) is 0 Å². The number of aryl methyl sites for hydroxylation is 1. The van der Waals surface area contributed by atoms with E-state index in [2.05, 4.69) is 20.3 Å². The van der Waals surface area contributed by atoms with Crippen LogP contribution in [0.4, 0.5) is 4.39 Å². The molecule has 3 N–H and O–H groups in total. The van der Waals surface area contributed by atoms with Gasteiger partial charge in [0.1, 0.15) is 5.82 Å². The Labute approximate surface area is 201 Å². The van der Waals surface area contributed by atoms with Crippen molar-refractivity contribution in [3.05, 3.63) is 65.0 Å². The van der Waals surface area contributed by atoms with Crippen molar-refractivity contribution in [2.45, 2.75) is 31.8 Å². The molecule has 31 heavy (non-hydrogen) atoms. The van der Waals surface area contributed by atoms with Crippen LogP contribution in [0.2, 0.25) is 0 Å². The first-order chi connectivity index (χ1) is 14.4. The highest BCUT2D eigenvalue weighted by Crippen LogP contribution is 2.11. The van der Waals surface area contributed by atoms with Crippen LogP contribution >= 0.6 is 24.0 Å². The molecular formula is C21H30FIN4O3S. The van der Waals surface area contributed by atoms with Gasteiger partial charge in [0.15, 0.2) is 5.96 Å². The maximum atomic E-state index is 13.7. The zero-order valence-corrected chi connectivity index (χ0v) is 21.1. The van der Waals surface area contributed by atoms with Gasteiger partial charge in [-0.15, -0.1) is 24.0 Å². The Hall–Kier alpha value is -1.76. The van der Waals surface area contributed by atoms with Gasteiger partial charge in [-0.2, -0.15) is 0 Å². The molecule has 0 amide bonds. The number of sulfonamides is 1. The lowest BCUT2D eigenvalue weighted by atomic mass is 10.1. The van der Waals surface area contributed by atoms with E-state index >= 15 is 0 Å². The van der Waals surface area contributed by atoms with Crippen molar-refractivity contribution in [1.29, 1.82) is 0 Å². The number of nitrogens with zero attached hydrogens (tertiary/aromatic N) is 1. The van der Waals surface area contributed by atoms with Gasteiger partial charge in [0, 0.05) is 26.7 Å². The molecule has 0 aromatic heterocycles. The largest absolute Gasteiger partial charge is 0.383 e. The van der Waals surface area contributed by atoms with E-state index in [4.69, 9.17) is 4.74 Å². The second-order valence-electron chi connectivity index (χ2n) is 6.67. The van der Waals surface area contributed by atoms with E-state index in [1.54, 1.807) is 37.3 Å². The molecule has 10 heteroatoms. The highest BCUT2D eigenvalue weighted by atomic mass is 127. The predicted molar refractivity (Wildman–Crippen MR) is 132 cm³/mol. The summed E-state index contributed by atoms with van der Waals surface area (Å²) >= 11 is 0. The Morgan fingerprint density at radius 2 is 1.77 bits per heavy atom. The Morgan fingerprint density at radius 1 is 1.10 bits per heavy atom. The maximum Gasteiger partial charge on any atom is 0.240 e. The third kappa shape index (κ3) is 9.09. The Kier molecular flexibility index (Phi) is 12.0. The van der Waals surface area contributed by atoms with Crippen molar-refractivity contribution >= 4 is 40.0 Å². The third-order valence-electron chi connectivity index (χ3n) is 4.29. The fraction of sp³-hybridized carbons (Fsp3) is 0.381. The first kappa shape index (κ1) is 27.3. The van der Waals surface area contributed by atoms with Crippen LogP contribution in [-0.4, -0.2) is 41.2 Å². The molecule has 0 saturated carbocycles. The van der Waals surface area contributed by atoms with Crippen molar-refractivity contribution in [2.24, 2.45) is 4.99 Å². The van der Waals surface area contributed by atoms with Crippen LogP contribution in [0.3, 0.4) is 0 Å². The van der Waals surface area contributed by atoms with Crippen LogP contribution in [-0.2, 0) is 27.8 Å². The molecule has 0 unspecified atom stereocenters. The number of guanidine groups is 1. The summed E-state index contributed by atoms with van der Waals surface area (Å²) in [6.07, 6.45) is 0. The average molecular weight is 564 g/mol. The number of ether oxygens (including phenoxy) is 1. The monoisotopic (exact) mass is 564 g/mol. The van der Waals surface area contributed by atoms with Crippen LogP contribution < -0.4 is 15.4 Å². The normalized spacial score (nSPS) is 11.7. The Morgan fingerprint density at radius 3 is 2.39 bits per heavy atom. The standard InChI is InChI=1S/C21H29FN4O3S.HI/c1-4-23-21(25-15-18-6-5-16(2)20(22)13-18)24-14-17-7-9-19(10-8-17)30(27,28)26-11-12-29-3;/h5-10,13,26H,4,11-12,14-15H2,1-3H3,(H2,23,24,25);1H. The maximum absolute atomic E-state index is 13.7. The van der Waals surface area contributed by atoms with E-state index in [1.165, 1.54) is 13.2 Å². The molecule has 0 aliphatic carbocycles. The summed E-state index contributed by atoms with van der Waals surface area (Å²) < 4.78 is 45.4. The molecule has 0 fully saturated rings.